The Balaban J connectivity index is 3.61. The first-order chi connectivity index (χ1) is 6.97. The summed E-state index contributed by atoms with van der Waals surface area (Å²) in [5.74, 6) is 0.914. The normalized spacial score (nSPS) is 12.9. The van der Waals surface area contributed by atoms with Crippen LogP contribution in [0.15, 0.2) is 0 Å². The van der Waals surface area contributed by atoms with Gasteiger partial charge in [-0.05, 0) is 32.6 Å². The van der Waals surface area contributed by atoms with Crippen molar-refractivity contribution in [1.29, 1.82) is 0 Å². The van der Waals surface area contributed by atoms with Crippen molar-refractivity contribution >= 4 is 5.91 Å². The molecule has 1 N–H and O–H groups in total. The maximum atomic E-state index is 11.5. The van der Waals surface area contributed by atoms with Crippen LogP contribution < -0.4 is 5.32 Å². The predicted octanol–water partition coefficient (Wildman–Crippen LogP) is 1.88. The van der Waals surface area contributed by atoms with Gasteiger partial charge in [-0.2, -0.15) is 0 Å². The molecule has 0 aliphatic carbocycles. The number of nitrogens with one attached hydrogen (secondary N) is 1. The summed E-state index contributed by atoms with van der Waals surface area (Å²) >= 11 is 0. The van der Waals surface area contributed by atoms with Crippen LogP contribution in [0.2, 0.25) is 0 Å². The molecule has 0 aromatic heterocycles. The Hall–Kier alpha value is -0.570. The highest BCUT2D eigenvalue weighted by Crippen LogP contribution is 2.05. The maximum absolute atomic E-state index is 11.5. The second-order valence-electron chi connectivity index (χ2n) is 4.66. The second-order valence-corrected chi connectivity index (χ2v) is 4.66. The zero-order valence-corrected chi connectivity index (χ0v) is 10.8. The molecule has 0 aliphatic rings. The number of carbonyl (C=O) groups is 1. The molecule has 3 nitrogen and oxygen atoms in total. The van der Waals surface area contributed by atoms with Gasteiger partial charge in [-0.25, -0.2) is 0 Å². The molecule has 0 saturated heterocycles. The molecular weight excluding hydrogens is 188 g/mol. The largest absolute Gasteiger partial charge is 0.345 e. The fourth-order valence-corrected chi connectivity index (χ4v) is 1.26. The summed E-state index contributed by atoms with van der Waals surface area (Å²) in [4.78, 5) is 13.2. The van der Waals surface area contributed by atoms with Crippen LogP contribution in [-0.4, -0.2) is 37.0 Å². The van der Waals surface area contributed by atoms with Gasteiger partial charge in [0.05, 0.1) is 6.54 Å². The van der Waals surface area contributed by atoms with Gasteiger partial charge in [0, 0.05) is 19.6 Å². The standard InChI is InChI=1S/C12H26N2O/c1-6-14(5)12(15)9-13-11(4)8-7-10(2)3/h10-11,13H,6-9H2,1-5H3. The third kappa shape index (κ3) is 7.37. The molecule has 3 heteroatoms. The van der Waals surface area contributed by atoms with Crippen LogP contribution in [0.4, 0.5) is 0 Å². The lowest BCUT2D eigenvalue weighted by Crippen LogP contribution is -2.39. The van der Waals surface area contributed by atoms with Gasteiger partial charge in [0.15, 0.2) is 0 Å². The van der Waals surface area contributed by atoms with Crippen molar-refractivity contribution in [2.45, 2.75) is 46.6 Å². The summed E-state index contributed by atoms with van der Waals surface area (Å²) in [5.41, 5.74) is 0. The van der Waals surface area contributed by atoms with E-state index in [1.165, 1.54) is 6.42 Å². The lowest BCUT2D eigenvalue weighted by molar-refractivity contribution is -0.128. The fourth-order valence-electron chi connectivity index (χ4n) is 1.26. The third-order valence-corrected chi connectivity index (χ3v) is 2.68. The summed E-state index contributed by atoms with van der Waals surface area (Å²) < 4.78 is 0. The van der Waals surface area contributed by atoms with Gasteiger partial charge in [0.2, 0.25) is 5.91 Å². The Morgan fingerprint density at radius 2 is 1.87 bits per heavy atom. The Kier molecular flexibility index (Phi) is 7.39. The van der Waals surface area contributed by atoms with Crippen molar-refractivity contribution in [3.05, 3.63) is 0 Å². The van der Waals surface area contributed by atoms with Crippen LogP contribution in [0.5, 0.6) is 0 Å². The monoisotopic (exact) mass is 214 g/mol. The van der Waals surface area contributed by atoms with E-state index in [0.29, 0.717) is 12.6 Å². The third-order valence-electron chi connectivity index (χ3n) is 2.68. The summed E-state index contributed by atoms with van der Waals surface area (Å²) in [6.07, 6.45) is 2.35. The molecule has 0 aliphatic heterocycles. The summed E-state index contributed by atoms with van der Waals surface area (Å²) in [6, 6.07) is 0.432. The molecular formula is C12H26N2O. The minimum Gasteiger partial charge on any atom is -0.345 e. The van der Waals surface area contributed by atoms with Gasteiger partial charge in [-0.15, -0.1) is 0 Å². The Morgan fingerprint density at radius 1 is 1.27 bits per heavy atom. The Morgan fingerprint density at radius 3 is 2.33 bits per heavy atom. The molecule has 1 amide bonds. The van der Waals surface area contributed by atoms with E-state index in [4.69, 9.17) is 0 Å². The quantitative estimate of drug-likeness (QED) is 0.702. The van der Waals surface area contributed by atoms with Crippen molar-refractivity contribution < 1.29 is 4.79 Å². The minimum atomic E-state index is 0.175. The number of amides is 1. The van der Waals surface area contributed by atoms with Crippen LogP contribution in [0, 0.1) is 5.92 Å². The molecule has 0 spiro atoms. The maximum Gasteiger partial charge on any atom is 0.236 e. The average molecular weight is 214 g/mol. The molecule has 1 unspecified atom stereocenters. The predicted molar refractivity (Wildman–Crippen MR) is 64.8 cm³/mol. The van der Waals surface area contributed by atoms with E-state index in [1.807, 2.05) is 14.0 Å². The Labute approximate surface area is 94.2 Å². The molecule has 0 saturated carbocycles. The Bertz CT molecular complexity index is 180. The number of hydrogen-bond donors (Lipinski definition) is 1. The van der Waals surface area contributed by atoms with Crippen LogP contribution >= 0.6 is 0 Å². The second kappa shape index (κ2) is 7.69. The number of nitrogens with zero attached hydrogens (tertiary/aromatic N) is 1. The van der Waals surface area contributed by atoms with Crippen molar-refractivity contribution in [1.82, 2.24) is 10.2 Å². The lowest BCUT2D eigenvalue weighted by atomic mass is 10.0. The lowest BCUT2D eigenvalue weighted by Gasteiger charge is -2.18. The molecule has 1 atom stereocenters. The molecule has 0 fully saturated rings. The average Bonchev–Trinajstić information content (AvgIpc) is 2.21. The van der Waals surface area contributed by atoms with Crippen molar-refractivity contribution in [3.63, 3.8) is 0 Å². The summed E-state index contributed by atoms with van der Waals surface area (Å²) in [7, 11) is 1.84. The molecule has 0 heterocycles. The summed E-state index contributed by atoms with van der Waals surface area (Å²) in [5, 5.41) is 3.26. The molecule has 0 aromatic rings. The minimum absolute atomic E-state index is 0.175. The topological polar surface area (TPSA) is 32.3 Å². The first-order valence-corrected chi connectivity index (χ1v) is 5.94. The fraction of sp³-hybridized carbons (Fsp3) is 0.917. The van der Waals surface area contributed by atoms with Crippen molar-refractivity contribution in [2.75, 3.05) is 20.1 Å². The van der Waals surface area contributed by atoms with Crippen LogP contribution in [0.25, 0.3) is 0 Å². The van der Waals surface area contributed by atoms with E-state index in [1.54, 1.807) is 4.90 Å². The highest BCUT2D eigenvalue weighted by molar-refractivity contribution is 5.77. The van der Waals surface area contributed by atoms with Gasteiger partial charge in [0.1, 0.15) is 0 Å². The van der Waals surface area contributed by atoms with Crippen molar-refractivity contribution in [2.24, 2.45) is 5.92 Å². The van der Waals surface area contributed by atoms with Crippen LogP contribution in [0.3, 0.4) is 0 Å². The highest BCUT2D eigenvalue weighted by atomic mass is 16.2. The number of carbonyl (C=O) groups excluding carboxylic acids is 1. The number of hydrogen-bond acceptors (Lipinski definition) is 2. The van der Waals surface area contributed by atoms with E-state index in [-0.39, 0.29) is 5.91 Å². The van der Waals surface area contributed by atoms with E-state index < -0.39 is 0 Å². The van der Waals surface area contributed by atoms with Gasteiger partial charge in [-0.1, -0.05) is 13.8 Å². The highest BCUT2D eigenvalue weighted by Gasteiger charge is 2.08. The molecule has 90 valence electrons. The van der Waals surface area contributed by atoms with E-state index in [0.717, 1.165) is 18.9 Å². The first-order valence-electron chi connectivity index (χ1n) is 5.94. The van der Waals surface area contributed by atoms with Crippen LogP contribution in [-0.2, 0) is 4.79 Å². The van der Waals surface area contributed by atoms with E-state index in [2.05, 4.69) is 26.1 Å². The van der Waals surface area contributed by atoms with Gasteiger partial charge >= 0.3 is 0 Å². The van der Waals surface area contributed by atoms with Gasteiger partial charge in [-0.3, -0.25) is 4.79 Å². The zero-order chi connectivity index (χ0) is 11.8. The van der Waals surface area contributed by atoms with Gasteiger partial charge in [0.25, 0.3) is 0 Å². The molecule has 0 bridgehead atoms. The van der Waals surface area contributed by atoms with E-state index in [9.17, 15) is 4.79 Å². The van der Waals surface area contributed by atoms with E-state index >= 15 is 0 Å². The first kappa shape index (κ1) is 14.4. The SMILES string of the molecule is CCN(C)C(=O)CNC(C)CCC(C)C. The van der Waals surface area contributed by atoms with Gasteiger partial charge < -0.3 is 10.2 Å². The molecule has 0 rings (SSSR count). The van der Waals surface area contributed by atoms with Crippen molar-refractivity contribution in [3.8, 4) is 0 Å². The number of likely N-dealkylation sites (N-methyl/N-ethyl adjacent to an activating group) is 1. The summed E-state index contributed by atoms with van der Waals surface area (Å²) in [6.45, 7) is 9.82. The molecule has 0 radical (unpaired) electrons. The smallest absolute Gasteiger partial charge is 0.236 e. The number of rotatable bonds is 7. The zero-order valence-electron chi connectivity index (χ0n) is 10.8. The van der Waals surface area contributed by atoms with Crippen LogP contribution in [0.1, 0.15) is 40.5 Å². The molecule has 0 aromatic carbocycles. The molecule has 15 heavy (non-hydrogen) atoms.